The minimum atomic E-state index is 0.704. The van der Waals surface area contributed by atoms with Crippen LogP contribution in [0.25, 0.3) is 21.9 Å². The zero-order chi connectivity index (χ0) is 9.54. The lowest BCUT2D eigenvalue weighted by atomic mass is 10.1. The molecular weight excluding hydrogens is 244 g/mol. The Morgan fingerprint density at radius 3 is 2.79 bits per heavy atom. The SMILES string of the molecule is Brc1cc2onnc2c2ccccc12. The number of rotatable bonds is 0. The normalized spacial score (nSPS) is 11.2. The molecule has 0 spiro atoms. The molecule has 0 N–H and O–H groups in total. The van der Waals surface area contributed by atoms with Gasteiger partial charge in [0.1, 0.15) is 5.52 Å². The van der Waals surface area contributed by atoms with Gasteiger partial charge in [-0.3, -0.25) is 0 Å². The maximum Gasteiger partial charge on any atom is 0.189 e. The number of nitrogens with zero attached hydrogens (tertiary/aromatic N) is 2. The van der Waals surface area contributed by atoms with Gasteiger partial charge in [0, 0.05) is 21.2 Å². The molecule has 0 saturated heterocycles. The highest BCUT2D eigenvalue weighted by molar-refractivity contribution is 9.10. The summed E-state index contributed by atoms with van der Waals surface area (Å²) >= 11 is 3.49. The Balaban J connectivity index is 2.67. The second-order valence-corrected chi connectivity index (χ2v) is 3.88. The smallest absolute Gasteiger partial charge is 0.189 e. The largest absolute Gasteiger partial charge is 0.337 e. The second-order valence-electron chi connectivity index (χ2n) is 3.02. The van der Waals surface area contributed by atoms with Gasteiger partial charge in [0.15, 0.2) is 5.58 Å². The third-order valence-electron chi connectivity index (χ3n) is 2.21. The van der Waals surface area contributed by atoms with Crippen LogP contribution in [0.1, 0.15) is 0 Å². The van der Waals surface area contributed by atoms with Gasteiger partial charge < -0.3 is 4.52 Å². The lowest BCUT2D eigenvalue weighted by Gasteiger charge is -1.98. The molecule has 4 heteroatoms. The molecule has 3 rings (SSSR count). The highest BCUT2D eigenvalue weighted by atomic mass is 79.9. The quantitative estimate of drug-likeness (QED) is 0.614. The molecule has 0 fully saturated rings. The summed E-state index contributed by atoms with van der Waals surface area (Å²) in [5.74, 6) is 0. The predicted molar refractivity (Wildman–Crippen MR) is 57.0 cm³/mol. The molecule has 0 unspecified atom stereocenters. The Morgan fingerprint density at radius 2 is 1.93 bits per heavy atom. The van der Waals surface area contributed by atoms with Crippen molar-refractivity contribution in [2.75, 3.05) is 0 Å². The molecule has 0 aliphatic carbocycles. The van der Waals surface area contributed by atoms with Gasteiger partial charge in [-0.05, 0) is 5.39 Å². The van der Waals surface area contributed by atoms with E-state index in [4.69, 9.17) is 4.52 Å². The zero-order valence-corrected chi connectivity index (χ0v) is 8.65. The average molecular weight is 249 g/mol. The van der Waals surface area contributed by atoms with Crippen LogP contribution < -0.4 is 0 Å². The molecule has 68 valence electrons. The molecule has 1 aromatic heterocycles. The molecule has 0 aliphatic heterocycles. The molecular formula is C10H5BrN2O. The number of hydrogen-bond acceptors (Lipinski definition) is 3. The van der Waals surface area contributed by atoms with Crippen LogP contribution in [0.15, 0.2) is 39.3 Å². The lowest BCUT2D eigenvalue weighted by Crippen LogP contribution is -1.77. The van der Waals surface area contributed by atoms with Crippen molar-refractivity contribution in [3.63, 3.8) is 0 Å². The first kappa shape index (κ1) is 7.94. The first-order valence-corrected chi connectivity index (χ1v) is 4.95. The topological polar surface area (TPSA) is 38.9 Å². The molecule has 2 aromatic carbocycles. The molecule has 1 heterocycles. The maximum absolute atomic E-state index is 5.02. The highest BCUT2D eigenvalue weighted by Crippen LogP contribution is 2.30. The van der Waals surface area contributed by atoms with E-state index in [1.807, 2.05) is 30.3 Å². The Bertz CT molecular complexity index is 618. The summed E-state index contributed by atoms with van der Waals surface area (Å²) in [6.45, 7) is 0. The molecule has 0 radical (unpaired) electrons. The Labute approximate surface area is 87.8 Å². The van der Waals surface area contributed by atoms with Crippen molar-refractivity contribution in [1.82, 2.24) is 10.4 Å². The molecule has 0 bridgehead atoms. The van der Waals surface area contributed by atoms with E-state index in [2.05, 4.69) is 26.3 Å². The average Bonchev–Trinajstić information content (AvgIpc) is 2.66. The van der Waals surface area contributed by atoms with Crippen molar-refractivity contribution in [2.45, 2.75) is 0 Å². The van der Waals surface area contributed by atoms with Gasteiger partial charge in [-0.15, -0.1) is 5.10 Å². The van der Waals surface area contributed by atoms with Crippen LogP contribution in [0.5, 0.6) is 0 Å². The van der Waals surface area contributed by atoms with Gasteiger partial charge in [0.25, 0.3) is 0 Å². The zero-order valence-electron chi connectivity index (χ0n) is 7.07. The van der Waals surface area contributed by atoms with Crippen molar-refractivity contribution in [2.24, 2.45) is 0 Å². The summed E-state index contributed by atoms with van der Waals surface area (Å²) in [4.78, 5) is 0. The van der Waals surface area contributed by atoms with Crippen molar-refractivity contribution in [3.05, 3.63) is 34.8 Å². The summed E-state index contributed by atoms with van der Waals surface area (Å²) in [5.41, 5.74) is 1.51. The monoisotopic (exact) mass is 248 g/mol. The van der Waals surface area contributed by atoms with E-state index >= 15 is 0 Å². The van der Waals surface area contributed by atoms with E-state index < -0.39 is 0 Å². The van der Waals surface area contributed by atoms with Crippen LogP contribution in [0.3, 0.4) is 0 Å². The van der Waals surface area contributed by atoms with Crippen LogP contribution in [-0.2, 0) is 0 Å². The fourth-order valence-electron chi connectivity index (χ4n) is 1.57. The van der Waals surface area contributed by atoms with Crippen LogP contribution in [0.2, 0.25) is 0 Å². The number of hydrogen-bond donors (Lipinski definition) is 0. The van der Waals surface area contributed by atoms with Crippen LogP contribution in [0.4, 0.5) is 0 Å². The number of benzene rings is 2. The first-order chi connectivity index (χ1) is 6.86. The highest BCUT2D eigenvalue weighted by Gasteiger charge is 2.08. The van der Waals surface area contributed by atoms with Crippen LogP contribution in [-0.4, -0.2) is 10.4 Å². The lowest BCUT2D eigenvalue weighted by molar-refractivity contribution is 0.424. The fraction of sp³-hybridized carbons (Fsp3) is 0. The molecule has 0 amide bonds. The van der Waals surface area contributed by atoms with E-state index in [1.54, 1.807) is 0 Å². The van der Waals surface area contributed by atoms with Gasteiger partial charge in [0.2, 0.25) is 0 Å². The second kappa shape index (κ2) is 2.78. The summed E-state index contributed by atoms with van der Waals surface area (Å²) < 4.78 is 6.01. The summed E-state index contributed by atoms with van der Waals surface area (Å²) in [6.07, 6.45) is 0. The van der Waals surface area contributed by atoms with Crippen molar-refractivity contribution in [1.29, 1.82) is 0 Å². The molecule has 0 atom stereocenters. The van der Waals surface area contributed by atoms with E-state index in [0.717, 1.165) is 20.8 Å². The van der Waals surface area contributed by atoms with E-state index in [1.165, 1.54) is 0 Å². The van der Waals surface area contributed by atoms with E-state index in [-0.39, 0.29) is 0 Å². The van der Waals surface area contributed by atoms with Gasteiger partial charge in [-0.25, -0.2) is 0 Å². The number of halogens is 1. The Morgan fingerprint density at radius 1 is 1.14 bits per heavy atom. The summed E-state index contributed by atoms with van der Waals surface area (Å²) in [7, 11) is 0. The fourth-order valence-corrected chi connectivity index (χ4v) is 2.12. The van der Waals surface area contributed by atoms with Gasteiger partial charge in [0.05, 0.1) is 0 Å². The Kier molecular flexibility index (Phi) is 1.58. The van der Waals surface area contributed by atoms with Crippen LogP contribution >= 0.6 is 15.9 Å². The predicted octanol–water partition coefficient (Wildman–Crippen LogP) is 3.14. The van der Waals surface area contributed by atoms with Crippen LogP contribution in [0, 0.1) is 0 Å². The molecule has 0 aliphatic rings. The summed E-state index contributed by atoms with van der Waals surface area (Å²) in [5, 5.41) is 9.67. The van der Waals surface area contributed by atoms with Crippen molar-refractivity contribution >= 4 is 37.8 Å². The van der Waals surface area contributed by atoms with Gasteiger partial charge >= 0.3 is 0 Å². The third kappa shape index (κ3) is 0.974. The summed E-state index contributed by atoms with van der Waals surface area (Å²) in [6, 6.07) is 9.90. The standard InChI is InChI=1S/C10H5BrN2O/c11-8-5-9-10(12-13-14-9)7-4-2-1-3-6(7)8/h1-5H. The molecule has 14 heavy (non-hydrogen) atoms. The minimum Gasteiger partial charge on any atom is -0.337 e. The maximum atomic E-state index is 5.02. The van der Waals surface area contributed by atoms with Crippen molar-refractivity contribution < 1.29 is 4.52 Å². The Hall–Kier alpha value is -1.42. The van der Waals surface area contributed by atoms with E-state index in [0.29, 0.717) is 5.58 Å². The third-order valence-corrected chi connectivity index (χ3v) is 2.87. The van der Waals surface area contributed by atoms with E-state index in [9.17, 15) is 0 Å². The van der Waals surface area contributed by atoms with Gasteiger partial charge in [-0.1, -0.05) is 40.2 Å². The van der Waals surface area contributed by atoms with Gasteiger partial charge in [-0.2, -0.15) is 0 Å². The molecule has 3 aromatic rings. The van der Waals surface area contributed by atoms with Crippen molar-refractivity contribution in [3.8, 4) is 0 Å². The number of fused-ring (bicyclic) bond motifs is 3. The molecule has 0 saturated carbocycles. The minimum absolute atomic E-state index is 0.704. The first-order valence-electron chi connectivity index (χ1n) is 4.15. The molecule has 3 nitrogen and oxygen atoms in total. The number of aromatic nitrogens is 2.